The maximum atomic E-state index is 13.0. The molecule has 6 heteroatoms. The maximum Gasteiger partial charge on any atom is 0.339 e. The molecule has 1 unspecified atom stereocenters. The topological polar surface area (TPSA) is 65.5 Å². The number of hydrogen-bond donors (Lipinski definition) is 2. The van der Waals surface area contributed by atoms with Crippen LogP contribution in [0.25, 0.3) is 0 Å². The van der Waals surface area contributed by atoms with Crippen molar-refractivity contribution in [1.82, 2.24) is 9.88 Å². The minimum Gasteiger partial charge on any atom is -0.478 e. The number of hydrogen-bond acceptors (Lipinski definition) is 4. The monoisotopic (exact) mass is 267 g/mol. The first kappa shape index (κ1) is 13.7. The van der Waals surface area contributed by atoms with Crippen LogP contribution in [-0.2, 0) is 0 Å². The lowest BCUT2D eigenvalue weighted by Crippen LogP contribution is -2.35. The summed E-state index contributed by atoms with van der Waals surface area (Å²) in [5.74, 6) is -1.11. The van der Waals surface area contributed by atoms with E-state index in [1.165, 1.54) is 0 Å². The third-order valence-corrected chi connectivity index (χ3v) is 3.36. The Balaban J connectivity index is 2.01. The van der Waals surface area contributed by atoms with E-state index in [4.69, 9.17) is 5.11 Å². The third-order valence-electron chi connectivity index (χ3n) is 3.36. The first-order chi connectivity index (χ1) is 9.06. The number of anilines is 1. The van der Waals surface area contributed by atoms with Gasteiger partial charge in [-0.15, -0.1) is 0 Å². The van der Waals surface area contributed by atoms with Crippen molar-refractivity contribution in [2.45, 2.75) is 12.8 Å². The Labute approximate surface area is 111 Å². The van der Waals surface area contributed by atoms with E-state index in [0.717, 1.165) is 38.2 Å². The Morgan fingerprint density at radius 2 is 2.47 bits per heavy atom. The van der Waals surface area contributed by atoms with Gasteiger partial charge in [0.05, 0.1) is 6.20 Å². The van der Waals surface area contributed by atoms with Crippen LogP contribution in [0, 0.1) is 11.7 Å². The Kier molecular flexibility index (Phi) is 4.31. The molecule has 19 heavy (non-hydrogen) atoms. The summed E-state index contributed by atoms with van der Waals surface area (Å²) in [5.41, 5.74) is -0.121. The van der Waals surface area contributed by atoms with Crippen molar-refractivity contribution in [3.8, 4) is 0 Å². The summed E-state index contributed by atoms with van der Waals surface area (Å²) >= 11 is 0. The Morgan fingerprint density at radius 1 is 1.68 bits per heavy atom. The van der Waals surface area contributed by atoms with Crippen LogP contribution in [0.5, 0.6) is 0 Å². The van der Waals surface area contributed by atoms with Crippen LogP contribution in [0.1, 0.15) is 23.2 Å². The molecular weight excluding hydrogens is 249 g/mol. The zero-order chi connectivity index (χ0) is 13.8. The molecule has 0 aliphatic carbocycles. The Bertz CT molecular complexity index is 467. The van der Waals surface area contributed by atoms with Crippen molar-refractivity contribution < 1.29 is 14.3 Å². The third kappa shape index (κ3) is 3.64. The molecule has 2 rings (SSSR count). The predicted molar refractivity (Wildman–Crippen MR) is 69.9 cm³/mol. The number of halogens is 1. The van der Waals surface area contributed by atoms with Crippen molar-refractivity contribution in [2.75, 3.05) is 32.0 Å². The van der Waals surface area contributed by atoms with E-state index in [0.29, 0.717) is 12.5 Å². The summed E-state index contributed by atoms with van der Waals surface area (Å²) in [6.07, 6.45) is 3.29. The lowest BCUT2D eigenvalue weighted by Gasteiger charge is -2.29. The molecule has 0 bridgehead atoms. The molecule has 5 nitrogen and oxygen atoms in total. The second-order valence-corrected chi connectivity index (χ2v) is 5.01. The van der Waals surface area contributed by atoms with E-state index in [-0.39, 0.29) is 11.4 Å². The summed E-state index contributed by atoms with van der Waals surface area (Å²) in [5, 5.41) is 12.0. The largest absolute Gasteiger partial charge is 0.478 e. The normalized spacial score (nSPS) is 20.2. The number of carboxylic acids is 1. The number of nitrogens with zero attached hydrogens (tertiary/aromatic N) is 2. The van der Waals surface area contributed by atoms with Crippen LogP contribution in [0.4, 0.5) is 10.2 Å². The van der Waals surface area contributed by atoms with Crippen LogP contribution in [-0.4, -0.2) is 47.6 Å². The SMILES string of the molecule is CN1CCCC(CNc2ncc(F)cc2C(=O)O)C1. The van der Waals surface area contributed by atoms with Crippen LogP contribution in [0.3, 0.4) is 0 Å². The lowest BCUT2D eigenvalue weighted by molar-refractivity contribution is 0.0697. The van der Waals surface area contributed by atoms with Crippen LogP contribution >= 0.6 is 0 Å². The highest BCUT2D eigenvalue weighted by molar-refractivity contribution is 5.93. The van der Waals surface area contributed by atoms with Crippen molar-refractivity contribution in [2.24, 2.45) is 5.92 Å². The highest BCUT2D eigenvalue weighted by Crippen LogP contribution is 2.18. The van der Waals surface area contributed by atoms with Crippen molar-refractivity contribution in [3.63, 3.8) is 0 Å². The molecule has 0 spiro atoms. The molecule has 0 radical (unpaired) electrons. The van der Waals surface area contributed by atoms with Gasteiger partial charge in [-0.25, -0.2) is 14.2 Å². The van der Waals surface area contributed by atoms with Gasteiger partial charge in [0.1, 0.15) is 17.2 Å². The Morgan fingerprint density at radius 3 is 3.16 bits per heavy atom. The molecule has 0 amide bonds. The van der Waals surface area contributed by atoms with E-state index in [9.17, 15) is 9.18 Å². The van der Waals surface area contributed by atoms with Crippen LogP contribution in [0.2, 0.25) is 0 Å². The summed E-state index contributed by atoms with van der Waals surface area (Å²) in [6.45, 7) is 2.74. The molecule has 1 aromatic rings. The van der Waals surface area contributed by atoms with Crippen molar-refractivity contribution in [3.05, 3.63) is 23.6 Å². The fraction of sp³-hybridized carbons (Fsp3) is 0.538. The van der Waals surface area contributed by atoms with Gasteiger partial charge in [0.25, 0.3) is 0 Å². The average molecular weight is 267 g/mol. The summed E-state index contributed by atoms with van der Waals surface area (Å²) < 4.78 is 13.0. The minimum atomic E-state index is -1.17. The first-order valence-corrected chi connectivity index (χ1v) is 6.37. The number of nitrogens with one attached hydrogen (secondary N) is 1. The van der Waals surface area contributed by atoms with Gasteiger partial charge in [0, 0.05) is 13.1 Å². The summed E-state index contributed by atoms with van der Waals surface area (Å²) in [6, 6.07) is 0.991. The van der Waals surface area contributed by atoms with Gasteiger partial charge < -0.3 is 15.3 Å². The van der Waals surface area contributed by atoms with Gasteiger partial charge in [-0.2, -0.15) is 0 Å². The molecular formula is C13H18FN3O2. The molecule has 104 valence electrons. The fourth-order valence-corrected chi connectivity index (χ4v) is 2.42. The van der Waals surface area contributed by atoms with E-state index in [1.807, 2.05) is 0 Å². The van der Waals surface area contributed by atoms with Crippen molar-refractivity contribution in [1.29, 1.82) is 0 Å². The van der Waals surface area contributed by atoms with E-state index < -0.39 is 11.8 Å². The lowest BCUT2D eigenvalue weighted by atomic mass is 9.98. The second kappa shape index (κ2) is 5.97. The second-order valence-electron chi connectivity index (χ2n) is 5.01. The number of aromatic carboxylic acids is 1. The van der Waals surface area contributed by atoms with Gasteiger partial charge in [0.15, 0.2) is 0 Å². The first-order valence-electron chi connectivity index (χ1n) is 6.37. The van der Waals surface area contributed by atoms with Gasteiger partial charge in [-0.1, -0.05) is 0 Å². The van der Waals surface area contributed by atoms with E-state index in [2.05, 4.69) is 22.2 Å². The van der Waals surface area contributed by atoms with Crippen LogP contribution < -0.4 is 5.32 Å². The highest BCUT2D eigenvalue weighted by Gasteiger charge is 2.18. The number of likely N-dealkylation sites (tertiary alicyclic amines) is 1. The quantitative estimate of drug-likeness (QED) is 0.868. The fourth-order valence-electron chi connectivity index (χ4n) is 2.42. The molecule has 1 aliphatic heterocycles. The molecule has 1 aromatic heterocycles. The standard InChI is InChI=1S/C13H18FN3O2/c1-17-4-2-3-9(8-17)6-15-12-11(13(18)19)5-10(14)7-16-12/h5,7,9H,2-4,6,8H2,1H3,(H,15,16)(H,18,19). The van der Waals surface area contributed by atoms with E-state index >= 15 is 0 Å². The minimum absolute atomic E-state index is 0.121. The number of carbonyl (C=O) groups is 1. The number of carboxylic acid groups (broad SMARTS) is 1. The van der Waals surface area contributed by atoms with Gasteiger partial charge in [-0.3, -0.25) is 0 Å². The summed E-state index contributed by atoms with van der Waals surface area (Å²) in [7, 11) is 2.07. The molecule has 1 aliphatic rings. The molecule has 2 heterocycles. The van der Waals surface area contributed by atoms with Crippen molar-refractivity contribution >= 4 is 11.8 Å². The Hall–Kier alpha value is -1.69. The van der Waals surface area contributed by atoms with E-state index in [1.54, 1.807) is 0 Å². The molecule has 0 saturated carbocycles. The maximum absolute atomic E-state index is 13.0. The van der Waals surface area contributed by atoms with Gasteiger partial charge >= 0.3 is 5.97 Å². The van der Waals surface area contributed by atoms with Crippen LogP contribution in [0.15, 0.2) is 12.3 Å². The molecule has 0 aromatic carbocycles. The molecule has 1 saturated heterocycles. The van der Waals surface area contributed by atoms with Gasteiger partial charge in [0.2, 0.25) is 0 Å². The summed E-state index contributed by atoms with van der Waals surface area (Å²) in [4.78, 5) is 17.1. The number of aromatic nitrogens is 1. The van der Waals surface area contributed by atoms with Gasteiger partial charge in [-0.05, 0) is 38.4 Å². The number of pyridine rings is 1. The molecule has 1 fully saturated rings. The zero-order valence-corrected chi connectivity index (χ0v) is 10.9. The number of rotatable bonds is 4. The average Bonchev–Trinajstić information content (AvgIpc) is 2.37. The smallest absolute Gasteiger partial charge is 0.339 e. The predicted octanol–water partition coefficient (Wildman–Crippen LogP) is 1.67. The molecule has 1 atom stereocenters. The number of piperidine rings is 1. The zero-order valence-electron chi connectivity index (χ0n) is 10.9. The highest BCUT2D eigenvalue weighted by atomic mass is 19.1. The molecule has 2 N–H and O–H groups in total.